The number of amides is 1. The van der Waals surface area contributed by atoms with Crippen molar-refractivity contribution in [2.75, 3.05) is 50.1 Å². The Morgan fingerprint density at radius 3 is 2.85 bits per heavy atom. The van der Waals surface area contributed by atoms with E-state index in [1.54, 1.807) is 42.3 Å². The van der Waals surface area contributed by atoms with Crippen LogP contribution in [0.25, 0.3) is 0 Å². The van der Waals surface area contributed by atoms with Crippen LogP contribution in [0, 0.1) is 17.8 Å². The first kappa shape index (κ1) is 32.8. The Hall–Kier alpha value is -3.16. The number of nitrogens with zero attached hydrogens (tertiary/aromatic N) is 2. The zero-order valence-corrected chi connectivity index (χ0v) is 27.1. The van der Waals surface area contributed by atoms with Crippen LogP contribution in [0.5, 0.6) is 5.75 Å². The number of benzene rings is 1. The van der Waals surface area contributed by atoms with Gasteiger partial charge in [-0.25, -0.2) is 5.43 Å². The summed E-state index contributed by atoms with van der Waals surface area (Å²) in [5, 5.41) is 20.5. The number of piperidine rings is 1. The van der Waals surface area contributed by atoms with Crippen molar-refractivity contribution in [3.63, 3.8) is 0 Å². The molecule has 1 aromatic rings. The molecule has 0 spiro atoms. The van der Waals surface area contributed by atoms with Gasteiger partial charge in [0.25, 0.3) is 5.91 Å². The minimum absolute atomic E-state index is 0.0754. The van der Waals surface area contributed by atoms with Crippen LogP contribution in [0.3, 0.4) is 0 Å². The summed E-state index contributed by atoms with van der Waals surface area (Å²) in [5.41, 5.74) is -0.0818. The third kappa shape index (κ3) is 7.21. The average molecular weight is 679 g/mol. The van der Waals surface area contributed by atoms with Crippen LogP contribution in [0.2, 0.25) is 0 Å². The van der Waals surface area contributed by atoms with Gasteiger partial charge in [0.2, 0.25) is 0 Å². The van der Waals surface area contributed by atoms with Gasteiger partial charge < -0.3 is 25.8 Å². The lowest BCUT2D eigenvalue weighted by atomic mass is 10.0. The number of alkyl halides is 3. The summed E-state index contributed by atoms with van der Waals surface area (Å²) in [6.45, 7) is 3.65. The number of methoxy groups -OCH3 is 1. The summed E-state index contributed by atoms with van der Waals surface area (Å²) in [4.78, 5) is 14.9. The predicted molar refractivity (Wildman–Crippen MR) is 172 cm³/mol. The number of allylic oxidation sites excluding steroid dienone is 3. The molecule has 2 saturated heterocycles. The Balaban J connectivity index is 1.10. The van der Waals surface area contributed by atoms with Crippen molar-refractivity contribution in [1.82, 2.24) is 26.0 Å². The van der Waals surface area contributed by atoms with Crippen molar-refractivity contribution in [1.29, 1.82) is 0 Å². The Bertz CT molecular complexity index is 1550. The number of carbonyl (C=O) groups is 1. The number of fused-ring (bicyclic) bond motifs is 2. The fourth-order valence-electron chi connectivity index (χ4n) is 6.26. The molecular formula is C31H37F3N6O4S2. The minimum Gasteiger partial charge on any atom is -0.495 e. The van der Waals surface area contributed by atoms with Crippen LogP contribution in [-0.4, -0.2) is 99.2 Å². The largest absolute Gasteiger partial charge is 0.495 e. The highest BCUT2D eigenvalue weighted by molar-refractivity contribution is 8.04. The molecule has 4 heterocycles. The molecule has 248 valence electrons. The molecule has 46 heavy (non-hydrogen) atoms. The number of hydrazine groups is 1. The summed E-state index contributed by atoms with van der Waals surface area (Å²) >= 11 is -0.160. The first-order valence-corrected chi connectivity index (χ1v) is 17.4. The molecule has 6 rings (SSSR count). The third-order valence-electron chi connectivity index (χ3n) is 8.81. The van der Waals surface area contributed by atoms with Gasteiger partial charge in [0, 0.05) is 64.0 Å². The van der Waals surface area contributed by atoms with Crippen LogP contribution in [0.1, 0.15) is 30.1 Å². The molecule has 1 saturated carbocycles. The molecule has 10 nitrogen and oxygen atoms in total. The fraction of sp³-hybridized carbons (Fsp3) is 0.516. The Kier molecular flexibility index (Phi) is 9.37. The third-order valence-corrected chi connectivity index (χ3v) is 11.2. The van der Waals surface area contributed by atoms with Crippen LogP contribution in [-0.2, 0) is 10.8 Å². The number of likely N-dealkylation sites (tertiary alicyclic amines) is 1. The van der Waals surface area contributed by atoms with Crippen LogP contribution in [0.4, 0.5) is 18.9 Å². The first-order chi connectivity index (χ1) is 21.9. The van der Waals surface area contributed by atoms with Crippen LogP contribution < -0.4 is 26.1 Å². The maximum Gasteiger partial charge on any atom is 0.446 e. The van der Waals surface area contributed by atoms with Gasteiger partial charge in [-0.15, -0.1) is 0 Å². The lowest BCUT2D eigenvalue weighted by Gasteiger charge is -2.42. The van der Waals surface area contributed by atoms with Crippen molar-refractivity contribution < 1.29 is 32.0 Å². The molecule has 0 aromatic heterocycles. The van der Waals surface area contributed by atoms with Gasteiger partial charge in [0.05, 0.1) is 31.1 Å². The van der Waals surface area contributed by atoms with Gasteiger partial charge in [-0.05, 0) is 67.8 Å². The number of halogens is 3. The number of ether oxygens (including phenoxy) is 1. The van der Waals surface area contributed by atoms with Crippen molar-refractivity contribution in [2.24, 2.45) is 5.92 Å². The van der Waals surface area contributed by atoms with E-state index in [2.05, 4.69) is 38.1 Å². The van der Waals surface area contributed by atoms with Crippen molar-refractivity contribution in [3.8, 4) is 17.6 Å². The van der Waals surface area contributed by atoms with Crippen LogP contribution in [0.15, 0.2) is 52.9 Å². The molecule has 4 atom stereocenters. The van der Waals surface area contributed by atoms with E-state index in [4.69, 9.17) is 4.74 Å². The molecule has 5 N–H and O–H groups in total. The number of nitrogens with one attached hydrogen (secondary N) is 4. The number of hydrogen-bond acceptors (Lipinski definition) is 10. The summed E-state index contributed by atoms with van der Waals surface area (Å²) < 4.78 is 58.1. The van der Waals surface area contributed by atoms with Crippen molar-refractivity contribution >= 4 is 34.2 Å². The normalized spacial score (nSPS) is 29.0. The number of aliphatic hydroxyl groups is 1. The molecule has 3 fully saturated rings. The van der Waals surface area contributed by atoms with E-state index in [0.717, 1.165) is 37.4 Å². The van der Waals surface area contributed by atoms with Gasteiger partial charge in [0.15, 0.2) is 0 Å². The maximum absolute atomic E-state index is 13.7. The highest BCUT2D eigenvalue weighted by atomic mass is 32.2. The van der Waals surface area contributed by atoms with Gasteiger partial charge in [0.1, 0.15) is 17.6 Å². The second-order valence-corrected chi connectivity index (χ2v) is 14.8. The van der Waals surface area contributed by atoms with Gasteiger partial charge in [-0.2, -0.15) is 13.2 Å². The topological polar surface area (TPSA) is 118 Å². The predicted octanol–water partition coefficient (Wildman–Crippen LogP) is 2.47. The van der Waals surface area contributed by atoms with Crippen molar-refractivity contribution in [3.05, 3.63) is 58.4 Å². The van der Waals surface area contributed by atoms with E-state index in [-0.39, 0.29) is 41.2 Å². The molecule has 0 bridgehead atoms. The summed E-state index contributed by atoms with van der Waals surface area (Å²) in [6.07, 6.45) is 6.53. The number of aliphatic hydroxyl groups excluding tert-OH is 1. The van der Waals surface area contributed by atoms with Gasteiger partial charge >= 0.3 is 5.51 Å². The number of hydrogen-bond donors (Lipinski definition) is 5. The molecule has 1 aromatic carbocycles. The summed E-state index contributed by atoms with van der Waals surface area (Å²) in [6, 6.07) is 4.34. The zero-order chi connectivity index (χ0) is 32.6. The summed E-state index contributed by atoms with van der Waals surface area (Å²) in [7, 11) is 0.774. The highest BCUT2D eigenvalue weighted by Gasteiger charge is 2.58. The first-order valence-electron chi connectivity index (χ1n) is 15.1. The van der Waals surface area contributed by atoms with Crippen LogP contribution >= 0.6 is 11.8 Å². The number of carbonyl (C=O) groups excluding carboxylic acids is 1. The molecule has 1 amide bonds. The van der Waals surface area contributed by atoms with Gasteiger partial charge in [-0.3, -0.25) is 18.9 Å². The highest BCUT2D eigenvalue weighted by Crippen LogP contribution is 2.51. The SMILES string of the molecule is COc1cc(C(=O)NCC(C)O)ccc1NCC#CC1NN2C(N[C@]34CCN(C5CS(=O)C5)C[C@H]3C4)=CC=CC2=C1SC(F)(F)F. The molecule has 2 unspecified atom stereocenters. The number of anilines is 1. The number of thioether (sulfide) groups is 1. The Morgan fingerprint density at radius 1 is 1.35 bits per heavy atom. The van der Waals surface area contributed by atoms with E-state index in [1.807, 2.05) is 6.08 Å². The van der Waals surface area contributed by atoms with Gasteiger partial charge in [-0.1, -0.05) is 17.9 Å². The molecular weight excluding hydrogens is 642 g/mol. The zero-order valence-electron chi connectivity index (χ0n) is 25.4. The number of rotatable bonds is 10. The molecule has 4 aliphatic heterocycles. The minimum atomic E-state index is -4.49. The molecule has 0 radical (unpaired) electrons. The lowest BCUT2D eigenvalue weighted by molar-refractivity contribution is -0.0322. The van der Waals surface area contributed by atoms with E-state index in [1.165, 1.54) is 7.11 Å². The molecule has 5 aliphatic rings. The Labute approximate surface area is 272 Å². The molecule has 1 aliphatic carbocycles. The quantitative estimate of drug-likeness (QED) is 0.237. The summed E-state index contributed by atoms with van der Waals surface area (Å²) in [5.74, 6) is 8.58. The smallest absolute Gasteiger partial charge is 0.446 e. The van der Waals surface area contributed by atoms with E-state index >= 15 is 0 Å². The second-order valence-electron chi connectivity index (χ2n) is 12.1. The van der Waals surface area contributed by atoms with E-state index < -0.39 is 28.5 Å². The molecule has 15 heteroatoms. The van der Waals surface area contributed by atoms with E-state index in [0.29, 0.717) is 40.5 Å². The standard InChI is InChI=1S/C31H37F3N6O4S2/c1-19(41)15-36-29(42)20-8-9-23(26(13-20)44-2)35-11-4-5-24-28(45-31(32,33)34)25-6-3-7-27(40(25)38-24)37-30-10-12-39(16-21(30)14-30)22-17-46(43)18-22/h3,6-9,13,19,21-22,24,35,37-38,41H,10-12,14-18H2,1-2H3,(H,36,42)/t19?,21-,22?,24?,30+,46?/m1/s1. The van der Waals surface area contributed by atoms with Crippen molar-refractivity contribution in [2.45, 2.75) is 49.0 Å². The Morgan fingerprint density at radius 2 is 2.15 bits per heavy atom. The maximum atomic E-state index is 13.7. The lowest BCUT2D eigenvalue weighted by Crippen LogP contribution is -2.56. The second kappa shape index (κ2) is 13.2. The average Bonchev–Trinajstić information content (AvgIpc) is 3.61. The van der Waals surface area contributed by atoms with E-state index in [9.17, 15) is 27.3 Å². The monoisotopic (exact) mass is 678 g/mol. The fourth-order valence-corrected chi connectivity index (χ4v) is 8.18.